The lowest BCUT2D eigenvalue weighted by atomic mass is 10.2. The highest BCUT2D eigenvalue weighted by atomic mass is 16.5. The fourth-order valence-electron chi connectivity index (χ4n) is 0.771. The number of hydrogen-bond donors (Lipinski definition) is 2. The Bertz CT molecular complexity index is 157. The van der Waals surface area contributed by atoms with Gasteiger partial charge in [-0.1, -0.05) is 26.2 Å². The van der Waals surface area contributed by atoms with E-state index in [1.807, 2.05) is 0 Å². The smallest absolute Gasteiger partial charge is 0.373 e. The van der Waals surface area contributed by atoms with Gasteiger partial charge in [-0.2, -0.15) is 0 Å². The van der Waals surface area contributed by atoms with Gasteiger partial charge in [0.1, 0.15) is 0 Å². The average Bonchev–Trinajstić information content (AvgIpc) is 2.03. The van der Waals surface area contributed by atoms with Crippen molar-refractivity contribution >= 4 is 11.8 Å². The monoisotopic (exact) mass is 172 g/mol. The molecule has 0 unspecified atom stereocenters. The number of hydrogen-bond acceptors (Lipinski definition) is 3. The molecule has 0 aliphatic carbocycles. The number of carbonyl (C=O) groups is 1. The van der Waals surface area contributed by atoms with Crippen molar-refractivity contribution < 1.29 is 9.53 Å². The molecule has 3 N–H and O–H groups in total. The van der Waals surface area contributed by atoms with Gasteiger partial charge in [-0.3, -0.25) is 5.41 Å². The van der Waals surface area contributed by atoms with Crippen molar-refractivity contribution in [1.82, 2.24) is 0 Å². The minimum atomic E-state index is -0.716. The topological polar surface area (TPSA) is 76.2 Å². The molecular formula is C8H16N2O2. The fraction of sp³-hybridized carbons (Fsp3) is 0.750. The van der Waals surface area contributed by atoms with Crippen LogP contribution in [0.2, 0.25) is 0 Å². The highest BCUT2D eigenvalue weighted by Crippen LogP contribution is 1.98. The first-order chi connectivity index (χ1) is 5.68. The molecule has 4 nitrogen and oxygen atoms in total. The van der Waals surface area contributed by atoms with E-state index in [0.717, 1.165) is 25.7 Å². The number of unbranched alkanes of at least 4 members (excludes halogenated alkanes) is 3. The first kappa shape index (κ1) is 10.9. The molecule has 0 fully saturated rings. The van der Waals surface area contributed by atoms with Crippen molar-refractivity contribution in [3.63, 3.8) is 0 Å². The predicted octanol–water partition coefficient (Wildman–Crippen LogP) is 1.05. The fourth-order valence-corrected chi connectivity index (χ4v) is 0.771. The summed E-state index contributed by atoms with van der Waals surface area (Å²) in [6.45, 7) is 2.49. The van der Waals surface area contributed by atoms with Gasteiger partial charge < -0.3 is 10.5 Å². The summed E-state index contributed by atoms with van der Waals surface area (Å²) in [4.78, 5) is 10.6. The second kappa shape index (κ2) is 6.64. The average molecular weight is 172 g/mol. The summed E-state index contributed by atoms with van der Waals surface area (Å²) in [6, 6.07) is 0. The number of amidine groups is 1. The molecule has 0 bridgehead atoms. The van der Waals surface area contributed by atoms with E-state index in [1.165, 1.54) is 0 Å². The number of rotatable bonds is 5. The maximum absolute atomic E-state index is 10.6. The van der Waals surface area contributed by atoms with E-state index < -0.39 is 11.8 Å². The lowest BCUT2D eigenvalue weighted by Gasteiger charge is -2.01. The summed E-state index contributed by atoms with van der Waals surface area (Å²) in [5, 5.41) is 6.72. The molecule has 4 heteroatoms. The SMILES string of the molecule is CCCCCCOC(=O)C(=N)N. The molecular weight excluding hydrogens is 156 g/mol. The van der Waals surface area contributed by atoms with Crippen LogP contribution in [-0.4, -0.2) is 18.4 Å². The summed E-state index contributed by atoms with van der Waals surface area (Å²) in [5.74, 6) is -1.24. The van der Waals surface area contributed by atoms with Crippen LogP contribution in [0.25, 0.3) is 0 Å². The van der Waals surface area contributed by atoms with Crippen LogP contribution >= 0.6 is 0 Å². The third-order valence-electron chi connectivity index (χ3n) is 1.45. The molecule has 0 heterocycles. The zero-order chi connectivity index (χ0) is 9.40. The number of carbonyl (C=O) groups excluding carboxylic acids is 1. The Kier molecular flexibility index (Phi) is 6.05. The van der Waals surface area contributed by atoms with Crippen molar-refractivity contribution in [3.8, 4) is 0 Å². The van der Waals surface area contributed by atoms with Crippen LogP contribution in [0, 0.1) is 5.41 Å². The van der Waals surface area contributed by atoms with Crippen molar-refractivity contribution in [3.05, 3.63) is 0 Å². The number of ether oxygens (including phenoxy) is 1. The van der Waals surface area contributed by atoms with Crippen LogP contribution in [0.1, 0.15) is 32.6 Å². The molecule has 0 aromatic rings. The molecule has 0 amide bonds. The molecule has 0 saturated carbocycles. The molecule has 0 spiro atoms. The quantitative estimate of drug-likeness (QED) is 0.281. The van der Waals surface area contributed by atoms with Crippen LogP contribution in [0.3, 0.4) is 0 Å². The van der Waals surface area contributed by atoms with E-state index in [9.17, 15) is 4.79 Å². The maximum atomic E-state index is 10.6. The summed E-state index contributed by atoms with van der Waals surface area (Å²) in [5.41, 5.74) is 4.89. The lowest BCUT2D eigenvalue weighted by Crippen LogP contribution is -2.24. The second-order valence-corrected chi connectivity index (χ2v) is 2.61. The first-order valence-corrected chi connectivity index (χ1v) is 4.19. The molecule has 0 saturated heterocycles. The van der Waals surface area contributed by atoms with Crippen LogP contribution in [0.4, 0.5) is 0 Å². The van der Waals surface area contributed by atoms with Gasteiger partial charge in [0.2, 0.25) is 5.84 Å². The first-order valence-electron chi connectivity index (χ1n) is 4.19. The molecule has 0 aromatic carbocycles. The third kappa shape index (κ3) is 5.70. The molecule has 12 heavy (non-hydrogen) atoms. The normalized spacial score (nSPS) is 9.42. The molecule has 0 aromatic heterocycles. The van der Waals surface area contributed by atoms with Gasteiger partial charge in [-0.15, -0.1) is 0 Å². The Labute approximate surface area is 72.6 Å². The van der Waals surface area contributed by atoms with E-state index in [-0.39, 0.29) is 0 Å². The van der Waals surface area contributed by atoms with Crippen molar-refractivity contribution in [1.29, 1.82) is 5.41 Å². The van der Waals surface area contributed by atoms with E-state index in [1.54, 1.807) is 0 Å². The molecule has 70 valence electrons. The van der Waals surface area contributed by atoms with Gasteiger partial charge in [0, 0.05) is 0 Å². The molecule has 0 atom stereocenters. The predicted molar refractivity (Wildman–Crippen MR) is 47.0 cm³/mol. The van der Waals surface area contributed by atoms with Gasteiger partial charge >= 0.3 is 5.97 Å². The van der Waals surface area contributed by atoms with E-state index in [4.69, 9.17) is 11.1 Å². The highest BCUT2D eigenvalue weighted by molar-refractivity contribution is 6.33. The third-order valence-corrected chi connectivity index (χ3v) is 1.45. The van der Waals surface area contributed by atoms with Gasteiger partial charge in [0.15, 0.2) is 0 Å². The van der Waals surface area contributed by atoms with Crippen LogP contribution in [-0.2, 0) is 9.53 Å². The number of nitrogens with two attached hydrogens (primary N) is 1. The summed E-state index contributed by atoms with van der Waals surface area (Å²) < 4.78 is 4.66. The van der Waals surface area contributed by atoms with Crippen LogP contribution in [0.5, 0.6) is 0 Å². The van der Waals surface area contributed by atoms with E-state index in [2.05, 4.69) is 11.7 Å². The van der Waals surface area contributed by atoms with Gasteiger partial charge in [-0.05, 0) is 6.42 Å². The molecule has 0 aliphatic heterocycles. The van der Waals surface area contributed by atoms with Crippen molar-refractivity contribution in [2.24, 2.45) is 5.73 Å². The van der Waals surface area contributed by atoms with Crippen molar-refractivity contribution in [2.45, 2.75) is 32.6 Å². The Morgan fingerprint density at radius 2 is 2.08 bits per heavy atom. The number of nitrogens with one attached hydrogen (secondary N) is 1. The Balaban J connectivity index is 3.20. The van der Waals surface area contributed by atoms with E-state index >= 15 is 0 Å². The van der Waals surface area contributed by atoms with Crippen LogP contribution < -0.4 is 5.73 Å². The Morgan fingerprint density at radius 1 is 1.42 bits per heavy atom. The Hall–Kier alpha value is -1.06. The highest BCUT2D eigenvalue weighted by Gasteiger charge is 2.04. The van der Waals surface area contributed by atoms with Gasteiger partial charge in [0.25, 0.3) is 0 Å². The number of esters is 1. The summed E-state index contributed by atoms with van der Waals surface area (Å²) in [6.07, 6.45) is 4.22. The van der Waals surface area contributed by atoms with Gasteiger partial charge in [-0.25, -0.2) is 4.79 Å². The minimum Gasteiger partial charge on any atom is -0.460 e. The molecule has 0 rings (SSSR count). The lowest BCUT2D eigenvalue weighted by molar-refractivity contribution is -0.135. The standard InChI is InChI=1S/C8H16N2O2/c1-2-3-4-5-6-12-8(11)7(9)10/h2-6H2,1H3,(H3,9,10). The molecule has 0 aliphatic rings. The van der Waals surface area contributed by atoms with Crippen molar-refractivity contribution in [2.75, 3.05) is 6.61 Å². The van der Waals surface area contributed by atoms with Crippen LogP contribution in [0.15, 0.2) is 0 Å². The zero-order valence-electron chi connectivity index (χ0n) is 7.43. The minimum absolute atomic E-state index is 0.373. The van der Waals surface area contributed by atoms with E-state index in [0.29, 0.717) is 6.61 Å². The maximum Gasteiger partial charge on any atom is 0.373 e. The van der Waals surface area contributed by atoms with Gasteiger partial charge in [0.05, 0.1) is 6.61 Å². The second-order valence-electron chi connectivity index (χ2n) is 2.61. The summed E-state index contributed by atoms with van der Waals surface area (Å²) in [7, 11) is 0. The zero-order valence-corrected chi connectivity index (χ0v) is 7.43. The Morgan fingerprint density at radius 3 is 2.58 bits per heavy atom. The largest absolute Gasteiger partial charge is 0.460 e. The summed E-state index contributed by atoms with van der Waals surface area (Å²) >= 11 is 0. The molecule has 0 radical (unpaired) electrons.